The van der Waals surface area contributed by atoms with Crippen molar-refractivity contribution in [2.45, 2.75) is 51.9 Å². The van der Waals surface area contributed by atoms with Crippen molar-refractivity contribution in [1.29, 1.82) is 0 Å². The molecule has 0 N–H and O–H groups in total. The molecule has 1 aliphatic heterocycles. The van der Waals surface area contributed by atoms with Gasteiger partial charge in [0.1, 0.15) is 0 Å². The van der Waals surface area contributed by atoms with Crippen molar-refractivity contribution in [3.05, 3.63) is 35.4 Å². The zero-order valence-corrected chi connectivity index (χ0v) is 14.6. The fraction of sp³-hybridized carbons (Fsp3) is 0.684. The Morgan fingerprint density at radius 2 is 1.71 bits per heavy atom. The Hall–Kier alpha value is -0.530. The summed E-state index contributed by atoms with van der Waals surface area (Å²) in [6, 6.07) is 9.09. The number of alkyl halides is 1. The first kappa shape index (κ1) is 16.8. The normalized spacial score (nSPS) is 18.7. The number of likely N-dealkylation sites (tertiary alicyclic amines) is 1. The van der Waals surface area contributed by atoms with E-state index in [9.17, 15) is 0 Å². The molecule has 1 atom stereocenters. The van der Waals surface area contributed by atoms with Gasteiger partial charge >= 0.3 is 0 Å². The number of rotatable bonds is 6. The Morgan fingerprint density at radius 3 is 2.29 bits per heavy atom. The van der Waals surface area contributed by atoms with Crippen molar-refractivity contribution >= 4 is 11.6 Å². The number of hydrogen-bond acceptors (Lipinski definition) is 1. The van der Waals surface area contributed by atoms with Gasteiger partial charge in [0.05, 0.1) is 0 Å². The predicted molar refractivity (Wildman–Crippen MR) is 93.3 cm³/mol. The fourth-order valence-corrected chi connectivity index (χ4v) is 3.37. The van der Waals surface area contributed by atoms with Gasteiger partial charge in [0, 0.05) is 17.8 Å². The van der Waals surface area contributed by atoms with E-state index in [1.54, 1.807) is 0 Å². The van der Waals surface area contributed by atoms with Gasteiger partial charge in [0.2, 0.25) is 0 Å². The zero-order valence-electron chi connectivity index (χ0n) is 13.9. The summed E-state index contributed by atoms with van der Waals surface area (Å²) in [6.07, 6.45) is 5.37. The fourth-order valence-electron chi connectivity index (χ4n) is 3.22. The Kier molecular flexibility index (Phi) is 6.13. The van der Waals surface area contributed by atoms with E-state index in [0.717, 1.165) is 5.92 Å². The number of benzene rings is 1. The molecule has 1 fully saturated rings. The van der Waals surface area contributed by atoms with Crippen molar-refractivity contribution in [2.24, 2.45) is 5.92 Å². The Morgan fingerprint density at radius 1 is 1.10 bits per heavy atom. The second-order valence-corrected chi connectivity index (χ2v) is 7.65. The van der Waals surface area contributed by atoms with Gasteiger partial charge in [-0.25, -0.2) is 0 Å². The molecule has 0 aliphatic carbocycles. The summed E-state index contributed by atoms with van der Waals surface area (Å²) >= 11 is 6.05. The molecular weight excluding hydrogens is 278 g/mol. The molecule has 1 unspecified atom stereocenters. The Bertz CT molecular complexity index is 418. The van der Waals surface area contributed by atoms with Crippen molar-refractivity contribution in [1.82, 2.24) is 4.90 Å². The van der Waals surface area contributed by atoms with Crippen LogP contribution in [0.5, 0.6) is 0 Å². The van der Waals surface area contributed by atoms with Crippen LogP contribution in [0.15, 0.2) is 24.3 Å². The molecule has 1 aromatic rings. The molecule has 0 saturated carbocycles. The van der Waals surface area contributed by atoms with Crippen molar-refractivity contribution < 1.29 is 0 Å². The summed E-state index contributed by atoms with van der Waals surface area (Å²) in [6.45, 7) is 10.6. The number of halogens is 1. The number of hydrogen-bond donors (Lipinski definition) is 0. The molecule has 21 heavy (non-hydrogen) atoms. The number of nitrogens with zero attached hydrogens (tertiary/aromatic N) is 1. The molecular formula is C19H30ClN. The average molecular weight is 308 g/mol. The average Bonchev–Trinajstić information content (AvgIpc) is 2.48. The molecule has 0 radical (unpaired) electrons. The Labute approximate surface area is 135 Å². The standard InChI is InChI=1S/C19H30ClN/c1-16(14-21-11-5-4-6-12-21)13-17-7-9-18(10-8-17)19(2,3)15-20/h7-10,16H,4-6,11-15H2,1-3H3. The van der Waals surface area contributed by atoms with Gasteiger partial charge in [0.15, 0.2) is 0 Å². The summed E-state index contributed by atoms with van der Waals surface area (Å²) in [5.41, 5.74) is 2.86. The first-order chi connectivity index (χ1) is 10.0. The maximum Gasteiger partial charge on any atom is 0.0315 e. The maximum atomic E-state index is 6.05. The van der Waals surface area contributed by atoms with Gasteiger partial charge in [-0.05, 0) is 49.4 Å². The van der Waals surface area contributed by atoms with E-state index >= 15 is 0 Å². The molecule has 2 rings (SSSR count). The minimum atomic E-state index is 0.0690. The van der Waals surface area contributed by atoms with E-state index in [0.29, 0.717) is 5.88 Å². The summed E-state index contributed by atoms with van der Waals surface area (Å²) in [5.74, 6) is 1.40. The molecule has 1 aromatic carbocycles. The van der Waals surface area contributed by atoms with E-state index in [4.69, 9.17) is 11.6 Å². The first-order valence-electron chi connectivity index (χ1n) is 8.39. The third-order valence-electron chi connectivity index (χ3n) is 4.67. The molecule has 0 amide bonds. The molecule has 118 valence electrons. The third kappa shape index (κ3) is 5.00. The largest absolute Gasteiger partial charge is 0.303 e. The van der Waals surface area contributed by atoms with E-state index < -0.39 is 0 Å². The second-order valence-electron chi connectivity index (χ2n) is 7.39. The van der Waals surface area contributed by atoms with Gasteiger partial charge in [-0.2, -0.15) is 0 Å². The van der Waals surface area contributed by atoms with Gasteiger partial charge < -0.3 is 4.90 Å². The molecule has 0 aromatic heterocycles. The molecule has 1 saturated heterocycles. The molecule has 0 bridgehead atoms. The lowest BCUT2D eigenvalue weighted by Crippen LogP contribution is -2.34. The summed E-state index contributed by atoms with van der Waals surface area (Å²) in [5, 5.41) is 0. The van der Waals surface area contributed by atoms with Crippen LogP contribution < -0.4 is 0 Å². The SMILES string of the molecule is CC(Cc1ccc(C(C)(C)CCl)cc1)CN1CCCCC1. The lowest BCUT2D eigenvalue weighted by molar-refractivity contribution is 0.200. The molecule has 1 aliphatic rings. The van der Waals surface area contributed by atoms with Gasteiger partial charge in [0.25, 0.3) is 0 Å². The highest BCUT2D eigenvalue weighted by Gasteiger charge is 2.19. The van der Waals surface area contributed by atoms with Gasteiger partial charge in [-0.3, -0.25) is 0 Å². The molecule has 2 heteroatoms. The van der Waals surface area contributed by atoms with Crippen LogP contribution in [0.25, 0.3) is 0 Å². The van der Waals surface area contributed by atoms with E-state index in [1.165, 1.54) is 56.4 Å². The van der Waals surface area contributed by atoms with Crippen LogP contribution in [-0.4, -0.2) is 30.4 Å². The minimum absolute atomic E-state index is 0.0690. The van der Waals surface area contributed by atoms with Crippen LogP contribution in [0.3, 0.4) is 0 Å². The highest BCUT2D eigenvalue weighted by molar-refractivity contribution is 6.18. The van der Waals surface area contributed by atoms with Crippen molar-refractivity contribution in [2.75, 3.05) is 25.5 Å². The van der Waals surface area contributed by atoms with Crippen LogP contribution >= 0.6 is 11.6 Å². The van der Waals surface area contributed by atoms with Crippen LogP contribution in [0, 0.1) is 5.92 Å². The number of piperidine rings is 1. The third-order valence-corrected chi connectivity index (χ3v) is 5.34. The lowest BCUT2D eigenvalue weighted by atomic mass is 9.86. The quantitative estimate of drug-likeness (QED) is 0.678. The van der Waals surface area contributed by atoms with Crippen LogP contribution in [0.4, 0.5) is 0 Å². The van der Waals surface area contributed by atoms with Crippen LogP contribution in [0.2, 0.25) is 0 Å². The smallest absolute Gasteiger partial charge is 0.0315 e. The maximum absolute atomic E-state index is 6.05. The first-order valence-corrected chi connectivity index (χ1v) is 8.92. The lowest BCUT2D eigenvalue weighted by Gasteiger charge is -2.29. The minimum Gasteiger partial charge on any atom is -0.303 e. The van der Waals surface area contributed by atoms with E-state index in [1.807, 2.05) is 0 Å². The highest BCUT2D eigenvalue weighted by Crippen LogP contribution is 2.25. The van der Waals surface area contributed by atoms with Crippen molar-refractivity contribution in [3.63, 3.8) is 0 Å². The molecule has 0 spiro atoms. The monoisotopic (exact) mass is 307 g/mol. The van der Waals surface area contributed by atoms with Crippen LogP contribution in [0.1, 0.15) is 51.2 Å². The van der Waals surface area contributed by atoms with Crippen molar-refractivity contribution in [3.8, 4) is 0 Å². The molecule has 1 heterocycles. The highest BCUT2D eigenvalue weighted by atomic mass is 35.5. The topological polar surface area (TPSA) is 3.24 Å². The summed E-state index contributed by atoms with van der Waals surface area (Å²) in [7, 11) is 0. The second kappa shape index (κ2) is 7.65. The van der Waals surface area contributed by atoms with E-state index in [2.05, 4.69) is 49.9 Å². The molecule has 1 nitrogen and oxygen atoms in total. The summed E-state index contributed by atoms with van der Waals surface area (Å²) in [4.78, 5) is 2.64. The van der Waals surface area contributed by atoms with Gasteiger partial charge in [-0.1, -0.05) is 51.5 Å². The van der Waals surface area contributed by atoms with Gasteiger partial charge in [-0.15, -0.1) is 11.6 Å². The van der Waals surface area contributed by atoms with Crippen LogP contribution in [-0.2, 0) is 11.8 Å². The Balaban J connectivity index is 1.87. The predicted octanol–water partition coefficient (Wildman–Crippen LogP) is 4.87. The zero-order chi connectivity index (χ0) is 15.3. The van der Waals surface area contributed by atoms with E-state index in [-0.39, 0.29) is 5.41 Å². The summed E-state index contributed by atoms with van der Waals surface area (Å²) < 4.78 is 0.